The minimum atomic E-state index is -3.80. The number of halogens is 2. The molecule has 0 unspecified atom stereocenters. The Labute approximate surface area is 220 Å². The minimum absolute atomic E-state index is 0.123. The number of piperidine rings is 1. The molecular weight excluding hydrogens is 512 g/mol. The maximum atomic E-state index is 13.7. The molecule has 0 spiro atoms. The summed E-state index contributed by atoms with van der Waals surface area (Å²) < 4.78 is 63.3. The molecule has 38 heavy (non-hydrogen) atoms. The molecule has 0 bridgehead atoms. The predicted molar refractivity (Wildman–Crippen MR) is 139 cm³/mol. The van der Waals surface area contributed by atoms with Gasteiger partial charge in [0.05, 0.1) is 30.7 Å². The number of hydrogen-bond donors (Lipinski definition) is 0. The van der Waals surface area contributed by atoms with Gasteiger partial charge in [0.15, 0.2) is 0 Å². The van der Waals surface area contributed by atoms with Crippen molar-refractivity contribution in [2.45, 2.75) is 30.3 Å². The molecule has 0 saturated carbocycles. The first-order valence-electron chi connectivity index (χ1n) is 12.7. The lowest BCUT2D eigenvalue weighted by Gasteiger charge is -2.45. The van der Waals surface area contributed by atoms with Crippen molar-refractivity contribution >= 4 is 21.9 Å². The van der Waals surface area contributed by atoms with Crippen LogP contribution in [0.2, 0.25) is 0 Å². The number of rotatable bonds is 6. The fourth-order valence-corrected chi connectivity index (χ4v) is 7.35. The standard InChI is InChI=1S/C27H29F2N5O3S/c1-37-18-27-13-19-14-31-34(23-4-2-21(28)3-5-23)25(19)12-20(27)8-11-33(17-27)38(35,36)24-6-7-26(30-15-24)32-10-9-22(29)16-32/h2-7,12,14-15,22H,8-11,13,16-18H2,1H3/t22-,27-/m1/s1. The number of anilines is 1. The van der Waals surface area contributed by atoms with Crippen molar-refractivity contribution in [3.63, 3.8) is 0 Å². The van der Waals surface area contributed by atoms with Crippen LogP contribution in [0.5, 0.6) is 0 Å². The van der Waals surface area contributed by atoms with Crippen LogP contribution in [-0.2, 0) is 21.2 Å². The van der Waals surface area contributed by atoms with Crippen LogP contribution >= 0.6 is 0 Å². The van der Waals surface area contributed by atoms with Crippen molar-refractivity contribution in [3.8, 4) is 5.69 Å². The third-order valence-corrected chi connectivity index (χ3v) is 9.65. The van der Waals surface area contributed by atoms with E-state index in [1.807, 2.05) is 4.90 Å². The Morgan fingerprint density at radius 1 is 1.13 bits per heavy atom. The zero-order valence-corrected chi connectivity index (χ0v) is 21.9. The van der Waals surface area contributed by atoms with Gasteiger partial charge in [0, 0.05) is 38.4 Å². The summed E-state index contributed by atoms with van der Waals surface area (Å²) in [5, 5.41) is 4.55. The number of aromatic nitrogens is 3. The molecule has 200 valence electrons. The topological polar surface area (TPSA) is 80.6 Å². The van der Waals surface area contributed by atoms with Crippen LogP contribution in [0.4, 0.5) is 14.6 Å². The third kappa shape index (κ3) is 4.32. The molecule has 0 amide bonds. The second-order valence-corrected chi connectivity index (χ2v) is 12.2. The number of nitrogens with zero attached hydrogens (tertiary/aromatic N) is 5. The van der Waals surface area contributed by atoms with E-state index in [-0.39, 0.29) is 23.8 Å². The van der Waals surface area contributed by atoms with E-state index in [2.05, 4.69) is 16.2 Å². The highest BCUT2D eigenvalue weighted by molar-refractivity contribution is 7.89. The first kappa shape index (κ1) is 25.1. The molecule has 3 aromatic rings. The van der Waals surface area contributed by atoms with E-state index in [1.165, 1.54) is 22.6 Å². The molecule has 1 aromatic carbocycles. The van der Waals surface area contributed by atoms with E-state index in [1.54, 1.807) is 42.3 Å². The first-order valence-corrected chi connectivity index (χ1v) is 14.1. The highest BCUT2D eigenvalue weighted by atomic mass is 32.2. The van der Waals surface area contributed by atoms with Crippen LogP contribution in [0.25, 0.3) is 11.8 Å². The summed E-state index contributed by atoms with van der Waals surface area (Å²) in [6.45, 7) is 1.81. The van der Waals surface area contributed by atoms with Crippen LogP contribution in [-0.4, -0.2) is 73.6 Å². The van der Waals surface area contributed by atoms with Gasteiger partial charge in [0.1, 0.15) is 22.7 Å². The number of sulfonamides is 1. The third-order valence-electron chi connectivity index (χ3n) is 7.82. The van der Waals surface area contributed by atoms with E-state index in [0.717, 1.165) is 22.5 Å². The average molecular weight is 542 g/mol. The minimum Gasteiger partial charge on any atom is -0.384 e. The van der Waals surface area contributed by atoms with E-state index < -0.39 is 21.6 Å². The summed E-state index contributed by atoms with van der Waals surface area (Å²) in [6.07, 6.45) is 5.95. The van der Waals surface area contributed by atoms with Gasteiger partial charge in [-0.25, -0.2) is 26.9 Å². The average Bonchev–Trinajstić information content (AvgIpc) is 3.53. The van der Waals surface area contributed by atoms with Gasteiger partial charge >= 0.3 is 0 Å². The summed E-state index contributed by atoms with van der Waals surface area (Å²) >= 11 is 0. The maximum absolute atomic E-state index is 13.7. The Morgan fingerprint density at radius 2 is 1.95 bits per heavy atom. The van der Waals surface area contributed by atoms with Gasteiger partial charge in [-0.05, 0) is 67.3 Å². The van der Waals surface area contributed by atoms with Crippen LogP contribution in [0.15, 0.2) is 59.3 Å². The van der Waals surface area contributed by atoms with Crippen molar-refractivity contribution < 1.29 is 21.9 Å². The number of methoxy groups -OCH3 is 1. The summed E-state index contributed by atoms with van der Waals surface area (Å²) in [6, 6.07) is 9.40. The van der Waals surface area contributed by atoms with Gasteiger partial charge in [-0.1, -0.05) is 5.57 Å². The molecule has 2 aromatic heterocycles. The number of alkyl halides is 1. The highest BCUT2D eigenvalue weighted by Gasteiger charge is 2.46. The van der Waals surface area contributed by atoms with Crippen LogP contribution in [0.1, 0.15) is 24.1 Å². The summed E-state index contributed by atoms with van der Waals surface area (Å²) in [7, 11) is -2.17. The molecule has 2 aliphatic heterocycles. The fourth-order valence-electron chi connectivity index (χ4n) is 5.88. The molecular formula is C27H29F2N5O3S. The van der Waals surface area contributed by atoms with Crippen molar-refractivity contribution in [1.29, 1.82) is 0 Å². The lowest BCUT2D eigenvalue weighted by molar-refractivity contribution is 0.0733. The van der Waals surface area contributed by atoms with Crippen molar-refractivity contribution in [2.24, 2.45) is 5.41 Å². The Hall–Kier alpha value is -3.15. The molecule has 0 N–H and O–H groups in total. The number of benzene rings is 1. The quantitative estimate of drug-likeness (QED) is 0.474. The lowest BCUT2D eigenvalue weighted by atomic mass is 9.69. The lowest BCUT2D eigenvalue weighted by Crippen LogP contribution is -2.51. The van der Waals surface area contributed by atoms with Gasteiger partial charge in [-0.15, -0.1) is 0 Å². The largest absolute Gasteiger partial charge is 0.384 e. The number of pyridine rings is 1. The SMILES string of the molecule is COC[C@]12Cc3cnn(-c4ccc(F)cc4)c3C=C1CCN(S(=O)(=O)c1ccc(N3CC[C@@H](F)C3)nc1)C2. The second-order valence-electron chi connectivity index (χ2n) is 10.3. The van der Waals surface area contributed by atoms with E-state index >= 15 is 0 Å². The highest BCUT2D eigenvalue weighted by Crippen LogP contribution is 2.45. The number of fused-ring (bicyclic) bond motifs is 2. The monoisotopic (exact) mass is 541 g/mol. The van der Waals surface area contributed by atoms with Gasteiger partial charge in [-0.3, -0.25) is 0 Å². The Kier molecular flexibility index (Phi) is 6.32. The Balaban J connectivity index is 1.27. The first-order chi connectivity index (χ1) is 18.3. The molecule has 11 heteroatoms. The van der Waals surface area contributed by atoms with Gasteiger partial charge in [0.2, 0.25) is 10.0 Å². The van der Waals surface area contributed by atoms with Gasteiger partial charge in [0.25, 0.3) is 0 Å². The van der Waals surface area contributed by atoms with Gasteiger partial charge in [-0.2, -0.15) is 9.40 Å². The second kappa shape index (κ2) is 9.55. The fraction of sp³-hybridized carbons (Fsp3) is 0.407. The summed E-state index contributed by atoms with van der Waals surface area (Å²) in [4.78, 5) is 6.30. The molecule has 8 nitrogen and oxygen atoms in total. The van der Waals surface area contributed by atoms with Crippen LogP contribution < -0.4 is 4.90 Å². The van der Waals surface area contributed by atoms with Crippen molar-refractivity contribution in [2.75, 3.05) is 44.8 Å². The van der Waals surface area contributed by atoms with Gasteiger partial charge < -0.3 is 9.64 Å². The molecule has 4 heterocycles. The molecule has 2 fully saturated rings. The number of ether oxygens (including phenoxy) is 1. The molecule has 2 saturated heterocycles. The predicted octanol–water partition coefficient (Wildman–Crippen LogP) is 3.62. The summed E-state index contributed by atoms with van der Waals surface area (Å²) in [5.41, 5.74) is 3.26. The molecule has 2 atom stereocenters. The zero-order valence-electron chi connectivity index (χ0n) is 21.1. The normalized spacial score (nSPS) is 23.7. The molecule has 1 aliphatic carbocycles. The smallest absolute Gasteiger partial charge is 0.244 e. The molecule has 0 radical (unpaired) electrons. The Morgan fingerprint density at radius 3 is 2.63 bits per heavy atom. The molecule has 6 rings (SSSR count). The van der Waals surface area contributed by atoms with Crippen LogP contribution in [0, 0.1) is 11.2 Å². The van der Waals surface area contributed by atoms with E-state index in [0.29, 0.717) is 44.8 Å². The van der Waals surface area contributed by atoms with Crippen molar-refractivity contribution in [3.05, 3.63) is 71.4 Å². The van der Waals surface area contributed by atoms with E-state index in [4.69, 9.17) is 4.74 Å². The van der Waals surface area contributed by atoms with Crippen molar-refractivity contribution in [1.82, 2.24) is 19.1 Å². The van der Waals surface area contributed by atoms with E-state index in [9.17, 15) is 17.2 Å². The maximum Gasteiger partial charge on any atom is 0.244 e. The summed E-state index contributed by atoms with van der Waals surface area (Å²) in [5.74, 6) is 0.275. The van der Waals surface area contributed by atoms with Crippen LogP contribution in [0.3, 0.4) is 0 Å². The zero-order chi connectivity index (χ0) is 26.5. The number of hydrogen-bond acceptors (Lipinski definition) is 6. The molecule has 3 aliphatic rings. The Bertz CT molecular complexity index is 1470.